The van der Waals surface area contributed by atoms with Gasteiger partial charge in [-0.1, -0.05) is 24.3 Å². The van der Waals surface area contributed by atoms with E-state index in [1.54, 1.807) is 13.1 Å². The van der Waals surface area contributed by atoms with Gasteiger partial charge in [-0.15, -0.1) is 0 Å². The largest absolute Gasteiger partial charge is 0.390 e. The first-order valence-corrected chi connectivity index (χ1v) is 9.84. The van der Waals surface area contributed by atoms with Gasteiger partial charge in [0.15, 0.2) is 0 Å². The number of aliphatic hydroxyl groups is 1. The number of carbonyl (C=O) groups excluding carboxylic acids is 1. The summed E-state index contributed by atoms with van der Waals surface area (Å²) in [5.41, 5.74) is 2.89. The molecule has 1 fully saturated rings. The van der Waals surface area contributed by atoms with Crippen LogP contribution in [0.5, 0.6) is 0 Å². The van der Waals surface area contributed by atoms with Gasteiger partial charge in [0.1, 0.15) is 11.5 Å². The Morgan fingerprint density at radius 3 is 2.83 bits per heavy atom. The number of aliphatic imine (C=N–C) groups is 2. The molecular formula is C21H29N5O3. The van der Waals surface area contributed by atoms with E-state index in [-0.39, 0.29) is 24.2 Å². The molecule has 1 aromatic rings. The molecule has 2 aliphatic rings. The number of nitrogens with one attached hydrogen (secondary N) is 2. The molecule has 8 heteroatoms. The van der Waals surface area contributed by atoms with Crippen LogP contribution in [0.25, 0.3) is 0 Å². The van der Waals surface area contributed by atoms with Crippen LogP contribution in [0.4, 0.5) is 0 Å². The zero-order valence-corrected chi connectivity index (χ0v) is 16.8. The Balaban J connectivity index is 1.46. The molecule has 0 radical (unpaired) electrons. The Bertz CT molecular complexity index is 788. The lowest BCUT2D eigenvalue weighted by Crippen LogP contribution is -2.45. The highest BCUT2D eigenvalue weighted by Crippen LogP contribution is 2.18. The van der Waals surface area contributed by atoms with E-state index in [2.05, 4.69) is 50.4 Å². The first kappa shape index (κ1) is 21.2. The van der Waals surface area contributed by atoms with Crippen LogP contribution in [0, 0.1) is 0 Å². The molecule has 29 heavy (non-hydrogen) atoms. The number of β-amino-alcohol motifs (C(OH)–C–C–N with tert-alkyl or cyclic N) is 1. The maximum absolute atomic E-state index is 12.4. The molecule has 2 heterocycles. The van der Waals surface area contributed by atoms with E-state index < -0.39 is 6.10 Å². The SMILES string of the molecule is C=N/C(=C\C(=N/C)C(=O)NCC(O)CN1CCc2ccccc2C1)NC1COC1. The summed E-state index contributed by atoms with van der Waals surface area (Å²) in [5, 5.41) is 16.3. The van der Waals surface area contributed by atoms with Gasteiger partial charge in [0.2, 0.25) is 0 Å². The van der Waals surface area contributed by atoms with E-state index in [9.17, 15) is 9.90 Å². The number of ether oxygens (including phenoxy) is 1. The van der Waals surface area contributed by atoms with E-state index >= 15 is 0 Å². The summed E-state index contributed by atoms with van der Waals surface area (Å²) in [6.45, 7) is 7.10. The molecule has 1 amide bonds. The molecule has 0 bridgehead atoms. The Morgan fingerprint density at radius 1 is 1.41 bits per heavy atom. The van der Waals surface area contributed by atoms with Gasteiger partial charge in [0.05, 0.1) is 25.4 Å². The molecule has 3 rings (SSSR count). The quantitative estimate of drug-likeness (QED) is 0.513. The number of carbonyl (C=O) groups is 1. The number of nitrogens with zero attached hydrogens (tertiary/aromatic N) is 3. The van der Waals surface area contributed by atoms with Crippen LogP contribution >= 0.6 is 0 Å². The summed E-state index contributed by atoms with van der Waals surface area (Å²) in [4.78, 5) is 22.6. The summed E-state index contributed by atoms with van der Waals surface area (Å²) < 4.78 is 5.11. The zero-order valence-electron chi connectivity index (χ0n) is 16.8. The number of hydrogen-bond acceptors (Lipinski definition) is 7. The molecule has 2 aliphatic heterocycles. The summed E-state index contributed by atoms with van der Waals surface area (Å²) in [7, 11) is 1.54. The van der Waals surface area contributed by atoms with Crippen molar-refractivity contribution in [3.05, 3.63) is 47.3 Å². The molecule has 1 saturated heterocycles. The van der Waals surface area contributed by atoms with Crippen LogP contribution in [0.1, 0.15) is 11.1 Å². The monoisotopic (exact) mass is 399 g/mol. The minimum Gasteiger partial charge on any atom is -0.390 e. The molecule has 156 valence electrons. The zero-order chi connectivity index (χ0) is 20.6. The van der Waals surface area contributed by atoms with Crippen molar-refractivity contribution in [3.63, 3.8) is 0 Å². The predicted molar refractivity (Wildman–Crippen MR) is 113 cm³/mol. The van der Waals surface area contributed by atoms with E-state index in [1.807, 2.05) is 6.07 Å². The molecule has 1 atom stereocenters. The fourth-order valence-electron chi connectivity index (χ4n) is 3.40. The molecule has 8 nitrogen and oxygen atoms in total. The van der Waals surface area contributed by atoms with Crippen molar-refractivity contribution in [1.29, 1.82) is 0 Å². The van der Waals surface area contributed by atoms with Crippen molar-refractivity contribution in [2.75, 3.05) is 39.9 Å². The Morgan fingerprint density at radius 2 is 2.17 bits per heavy atom. The number of aliphatic hydroxyl groups excluding tert-OH is 1. The highest BCUT2D eigenvalue weighted by molar-refractivity contribution is 6.43. The van der Waals surface area contributed by atoms with Crippen molar-refractivity contribution >= 4 is 18.3 Å². The average molecular weight is 399 g/mol. The third kappa shape index (κ3) is 5.96. The molecule has 0 spiro atoms. The number of amides is 1. The van der Waals surface area contributed by atoms with Gasteiger partial charge >= 0.3 is 0 Å². The van der Waals surface area contributed by atoms with Gasteiger partial charge in [-0.2, -0.15) is 0 Å². The second-order valence-electron chi connectivity index (χ2n) is 7.29. The van der Waals surface area contributed by atoms with E-state index in [0.717, 1.165) is 19.5 Å². The molecular weight excluding hydrogens is 370 g/mol. The number of fused-ring (bicyclic) bond motifs is 1. The molecule has 1 unspecified atom stereocenters. The van der Waals surface area contributed by atoms with Crippen LogP contribution in [-0.2, 0) is 22.5 Å². The molecule has 1 aromatic carbocycles. The third-order valence-electron chi connectivity index (χ3n) is 5.08. The van der Waals surface area contributed by atoms with Gasteiger partial charge in [0.25, 0.3) is 5.91 Å². The lowest BCUT2D eigenvalue weighted by atomic mass is 10.00. The van der Waals surface area contributed by atoms with Crippen LogP contribution < -0.4 is 10.6 Å². The van der Waals surface area contributed by atoms with Gasteiger partial charge in [-0.25, -0.2) is 4.99 Å². The summed E-state index contributed by atoms with van der Waals surface area (Å²) in [5.74, 6) is 0.116. The topological polar surface area (TPSA) is 98.5 Å². The van der Waals surface area contributed by atoms with Gasteiger partial charge in [0, 0.05) is 39.3 Å². The van der Waals surface area contributed by atoms with Gasteiger partial charge < -0.3 is 20.5 Å². The average Bonchev–Trinajstić information content (AvgIpc) is 2.71. The van der Waals surface area contributed by atoms with Crippen molar-refractivity contribution < 1.29 is 14.6 Å². The first-order valence-electron chi connectivity index (χ1n) is 9.84. The van der Waals surface area contributed by atoms with Crippen LogP contribution in [0.3, 0.4) is 0 Å². The predicted octanol–water partition coefficient (Wildman–Crippen LogP) is 0.123. The lowest BCUT2D eigenvalue weighted by molar-refractivity contribution is -0.115. The van der Waals surface area contributed by atoms with E-state index in [4.69, 9.17) is 4.74 Å². The number of hydrogen-bond donors (Lipinski definition) is 3. The second kappa shape index (κ2) is 10.3. The van der Waals surface area contributed by atoms with Gasteiger partial charge in [-0.05, 0) is 24.3 Å². The normalized spacial score (nSPS) is 19.1. The second-order valence-corrected chi connectivity index (χ2v) is 7.29. The summed E-state index contributed by atoms with van der Waals surface area (Å²) >= 11 is 0. The third-order valence-corrected chi connectivity index (χ3v) is 5.08. The van der Waals surface area contributed by atoms with Crippen molar-refractivity contribution in [1.82, 2.24) is 15.5 Å². The van der Waals surface area contributed by atoms with Crippen LogP contribution in [0.2, 0.25) is 0 Å². The van der Waals surface area contributed by atoms with Crippen molar-refractivity contribution in [2.24, 2.45) is 9.98 Å². The maximum atomic E-state index is 12.4. The minimum atomic E-state index is -0.659. The molecule has 0 aromatic heterocycles. The molecule has 0 aliphatic carbocycles. The van der Waals surface area contributed by atoms with Gasteiger partial charge in [-0.3, -0.25) is 14.7 Å². The van der Waals surface area contributed by atoms with Crippen LogP contribution in [0.15, 0.2) is 46.1 Å². The smallest absolute Gasteiger partial charge is 0.269 e. The molecule has 0 saturated carbocycles. The highest BCUT2D eigenvalue weighted by atomic mass is 16.5. The Kier molecular flexibility index (Phi) is 7.51. The number of rotatable bonds is 9. The molecule has 3 N–H and O–H groups in total. The van der Waals surface area contributed by atoms with Crippen LogP contribution in [-0.4, -0.2) is 80.4 Å². The maximum Gasteiger partial charge on any atom is 0.269 e. The first-order chi connectivity index (χ1) is 14.1. The highest BCUT2D eigenvalue weighted by Gasteiger charge is 2.21. The van der Waals surface area contributed by atoms with E-state index in [0.29, 0.717) is 25.6 Å². The summed E-state index contributed by atoms with van der Waals surface area (Å²) in [6.07, 6.45) is 1.87. The van der Waals surface area contributed by atoms with Crippen molar-refractivity contribution in [2.45, 2.75) is 25.1 Å². The fourth-order valence-corrected chi connectivity index (χ4v) is 3.40. The summed E-state index contributed by atoms with van der Waals surface area (Å²) in [6, 6.07) is 8.55. The number of benzene rings is 1. The minimum absolute atomic E-state index is 0.157. The standard InChI is InChI=1S/C21H29N5O3/c1-22-19(9-20(23-2)25-17-13-29-14-17)21(28)24-10-18(27)12-26-8-7-15-5-3-4-6-16(15)11-26/h3-6,9,17-18,25,27H,2,7-8,10-14H2,1H3,(H,24,28)/b20-9+,22-19+. The van der Waals surface area contributed by atoms with E-state index in [1.165, 1.54) is 11.1 Å². The Labute approximate surface area is 171 Å². The lowest BCUT2D eigenvalue weighted by Gasteiger charge is -2.30. The fraction of sp³-hybridized carbons (Fsp3) is 0.476. The van der Waals surface area contributed by atoms with Crippen molar-refractivity contribution in [3.8, 4) is 0 Å². The Hall–Kier alpha value is -2.55.